The summed E-state index contributed by atoms with van der Waals surface area (Å²) in [6.45, 7) is 13.5. The van der Waals surface area contributed by atoms with E-state index in [2.05, 4.69) is 26.3 Å². The van der Waals surface area contributed by atoms with Crippen molar-refractivity contribution in [3.8, 4) is 33.4 Å². The molecule has 1 atom stereocenters. The van der Waals surface area contributed by atoms with Gasteiger partial charge in [0.15, 0.2) is 0 Å². The summed E-state index contributed by atoms with van der Waals surface area (Å²) in [6, 6.07) is 27.0. The van der Waals surface area contributed by atoms with Gasteiger partial charge in [-0.05, 0) is 92.0 Å². The summed E-state index contributed by atoms with van der Waals surface area (Å²) >= 11 is 0. The van der Waals surface area contributed by atoms with E-state index in [-0.39, 0.29) is 26.4 Å². The first kappa shape index (κ1) is 37.5. The fourth-order valence-corrected chi connectivity index (χ4v) is 5.15. The van der Waals surface area contributed by atoms with Crippen molar-refractivity contribution in [2.45, 2.75) is 25.7 Å². The summed E-state index contributed by atoms with van der Waals surface area (Å²) in [6.07, 6.45) is 3.58. The minimum Gasteiger partial charge on any atom is -0.462 e. The smallest absolute Gasteiger partial charge is 0.330 e. The topological polar surface area (TPSA) is 125 Å². The molecule has 0 bridgehead atoms. The molecule has 4 rings (SSSR count). The second-order valence-electron chi connectivity index (χ2n) is 11.3. The normalized spacial score (nSPS) is 11.0. The monoisotopic (exact) mass is 686 g/mol. The number of carbonyl (C=O) groups excluding carboxylic acids is 4. The number of ether oxygens (including phenoxy) is 4. The molecular weight excluding hydrogens is 648 g/mol. The summed E-state index contributed by atoms with van der Waals surface area (Å²) < 4.78 is 20.8. The second kappa shape index (κ2) is 18.4. The molecule has 1 unspecified atom stereocenters. The van der Waals surface area contributed by atoms with E-state index >= 15 is 0 Å². The van der Waals surface area contributed by atoms with Crippen molar-refractivity contribution in [2.75, 3.05) is 13.2 Å². The van der Waals surface area contributed by atoms with Gasteiger partial charge in [-0.1, -0.05) is 74.8 Å². The van der Waals surface area contributed by atoms with Crippen LogP contribution in [0.15, 0.2) is 136 Å². The van der Waals surface area contributed by atoms with Gasteiger partial charge in [-0.2, -0.15) is 0 Å². The Morgan fingerprint density at radius 2 is 0.961 bits per heavy atom. The Labute approximate surface area is 296 Å². The minimum atomic E-state index is -1.11. The van der Waals surface area contributed by atoms with Gasteiger partial charge < -0.3 is 24.1 Å². The first-order chi connectivity index (χ1) is 24.6. The fraction of sp³-hybridized carbons (Fsp3) is 0.143. The van der Waals surface area contributed by atoms with E-state index in [1.165, 1.54) is 0 Å². The molecule has 51 heavy (non-hydrogen) atoms. The quantitative estimate of drug-likeness (QED) is 0.0699. The average Bonchev–Trinajstić information content (AvgIpc) is 3.17. The van der Waals surface area contributed by atoms with Gasteiger partial charge in [-0.3, -0.25) is 0 Å². The van der Waals surface area contributed by atoms with Crippen molar-refractivity contribution < 1.29 is 43.2 Å². The van der Waals surface area contributed by atoms with Crippen molar-refractivity contribution in [1.82, 2.24) is 0 Å². The molecule has 260 valence electrons. The summed E-state index contributed by atoms with van der Waals surface area (Å²) in [5.41, 5.74) is 7.92. The van der Waals surface area contributed by atoms with Gasteiger partial charge in [0.2, 0.25) is 0 Å². The van der Waals surface area contributed by atoms with Crippen molar-refractivity contribution in [1.29, 1.82) is 0 Å². The van der Waals surface area contributed by atoms with Crippen LogP contribution in [0.25, 0.3) is 33.4 Å². The van der Waals surface area contributed by atoms with Crippen LogP contribution < -0.4 is 0 Å². The molecule has 4 aromatic carbocycles. The number of aliphatic hydroxyl groups is 1. The van der Waals surface area contributed by atoms with Crippen LogP contribution in [0.2, 0.25) is 0 Å². The number of carbonyl (C=O) groups is 4. The third-order valence-corrected chi connectivity index (χ3v) is 7.63. The van der Waals surface area contributed by atoms with E-state index in [0.29, 0.717) is 23.1 Å². The molecular formula is C42H38O9. The molecule has 0 aliphatic heterocycles. The van der Waals surface area contributed by atoms with Crippen LogP contribution >= 0.6 is 0 Å². The van der Waals surface area contributed by atoms with Gasteiger partial charge in [-0.15, -0.1) is 0 Å². The molecule has 0 radical (unpaired) electrons. The highest BCUT2D eigenvalue weighted by Gasteiger charge is 2.15. The largest absolute Gasteiger partial charge is 0.462 e. The van der Waals surface area contributed by atoms with Crippen LogP contribution in [0.1, 0.15) is 28.4 Å². The number of aliphatic hydroxyl groups excluding tert-OH is 1. The molecule has 4 aromatic rings. The van der Waals surface area contributed by atoms with Gasteiger partial charge in [-0.25, -0.2) is 19.2 Å². The molecule has 0 saturated heterocycles. The van der Waals surface area contributed by atoms with E-state index in [9.17, 15) is 24.3 Å². The van der Waals surface area contributed by atoms with Crippen LogP contribution in [-0.4, -0.2) is 42.2 Å². The molecule has 0 aliphatic rings. The highest BCUT2D eigenvalue weighted by molar-refractivity contribution is 5.83. The van der Waals surface area contributed by atoms with Crippen LogP contribution in [0, 0.1) is 0 Å². The average molecular weight is 687 g/mol. The Bertz CT molecular complexity index is 1910. The third kappa shape index (κ3) is 11.1. The van der Waals surface area contributed by atoms with Crippen molar-refractivity contribution >= 4 is 23.9 Å². The second-order valence-corrected chi connectivity index (χ2v) is 11.3. The summed E-state index contributed by atoms with van der Waals surface area (Å²) in [5, 5.41) is 10.9. The van der Waals surface area contributed by atoms with Crippen LogP contribution in [-0.2, 0) is 57.8 Å². The predicted octanol–water partition coefficient (Wildman–Crippen LogP) is 7.18. The summed E-state index contributed by atoms with van der Waals surface area (Å²) in [7, 11) is 0. The Hall–Kier alpha value is -6.32. The number of hydrogen-bond donors (Lipinski definition) is 1. The van der Waals surface area contributed by atoms with Crippen LogP contribution in [0.3, 0.4) is 0 Å². The molecule has 0 amide bonds. The zero-order valence-electron chi connectivity index (χ0n) is 28.0. The molecule has 9 nitrogen and oxygen atoms in total. The number of rotatable bonds is 17. The Kier molecular flexibility index (Phi) is 13.6. The van der Waals surface area contributed by atoms with E-state index in [0.717, 1.165) is 63.2 Å². The summed E-state index contributed by atoms with van der Waals surface area (Å²) in [4.78, 5) is 46.8. The molecule has 9 heteroatoms. The Balaban J connectivity index is 1.69. The maximum atomic E-state index is 11.8. The molecule has 0 heterocycles. The maximum absolute atomic E-state index is 11.8. The molecule has 0 saturated carbocycles. The van der Waals surface area contributed by atoms with Gasteiger partial charge in [0, 0.05) is 30.7 Å². The highest BCUT2D eigenvalue weighted by atomic mass is 16.5. The lowest BCUT2D eigenvalue weighted by atomic mass is 9.93. The molecule has 1 N–H and O–H groups in total. The standard InChI is InChI=1S/C42H38O9/c1-5-39(44)48-16-15-28-18-36(24-37(19-28)38(43)27-51-42(47)8-4)34-14-10-12-32(23-34)31-11-9-13-33(22-31)35-20-29(25-49-40(45)6-2)17-30(21-35)26-50-41(46)7-3/h5-14,17-24,38,43H,1-4,15-16,25-27H2. The lowest BCUT2D eigenvalue weighted by Gasteiger charge is -2.16. The van der Waals surface area contributed by atoms with Gasteiger partial charge in [0.1, 0.15) is 25.9 Å². The van der Waals surface area contributed by atoms with E-state index < -0.39 is 30.0 Å². The Morgan fingerprint density at radius 1 is 0.529 bits per heavy atom. The lowest BCUT2D eigenvalue weighted by molar-refractivity contribution is -0.141. The number of hydrogen-bond acceptors (Lipinski definition) is 9. The Morgan fingerprint density at radius 3 is 1.47 bits per heavy atom. The third-order valence-electron chi connectivity index (χ3n) is 7.63. The SMILES string of the molecule is C=CC(=O)OCCc1cc(-c2cccc(-c3cccc(-c4cc(COC(=O)C=C)cc(COC(=O)C=C)c4)c3)c2)cc(C(O)COC(=O)C=C)c1. The van der Waals surface area contributed by atoms with Crippen molar-refractivity contribution in [2.24, 2.45) is 0 Å². The first-order valence-corrected chi connectivity index (χ1v) is 15.9. The number of benzene rings is 4. The first-order valence-electron chi connectivity index (χ1n) is 15.9. The van der Waals surface area contributed by atoms with Gasteiger partial charge in [0.25, 0.3) is 0 Å². The summed E-state index contributed by atoms with van der Waals surface area (Å²) in [5.74, 6) is -2.29. The van der Waals surface area contributed by atoms with Crippen molar-refractivity contribution in [3.05, 3.63) is 158 Å². The highest BCUT2D eigenvalue weighted by Crippen LogP contribution is 2.32. The van der Waals surface area contributed by atoms with Crippen LogP contribution in [0.5, 0.6) is 0 Å². The lowest BCUT2D eigenvalue weighted by Crippen LogP contribution is -2.11. The molecule has 0 fully saturated rings. The van der Waals surface area contributed by atoms with E-state index in [1.54, 1.807) is 12.1 Å². The predicted molar refractivity (Wildman–Crippen MR) is 194 cm³/mol. The minimum absolute atomic E-state index is 0.00591. The van der Waals surface area contributed by atoms with Gasteiger partial charge in [0.05, 0.1) is 6.61 Å². The van der Waals surface area contributed by atoms with Crippen LogP contribution in [0.4, 0.5) is 0 Å². The number of esters is 4. The molecule has 0 aromatic heterocycles. The van der Waals surface area contributed by atoms with Gasteiger partial charge >= 0.3 is 23.9 Å². The molecule has 0 spiro atoms. The van der Waals surface area contributed by atoms with Crippen molar-refractivity contribution in [3.63, 3.8) is 0 Å². The zero-order chi connectivity index (χ0) is 36.8. The van der Waals surface area contributed by atoms with E-state index in [1.807, 2.05) is 72.8 Å². The molecule has 0 aliphatic carbocycles. The maximum Gasteiger partial charge on any atom is 0.330 e. The zero-order valence-corrected chi connectivity index (χ0v) is 28.0. The fourth-order valence-electron chi connectivity index (χ4n) is 5.15. The van der Waals surface area contributed by atoms with E-state index in [4.69, 9.17) is 18.9 Å².